The van der Waals surface area contributed by atoms with Gasteiger partial charge in [-0.2, -0.15) is 5.26 Å². The van der Waals surface area contributed by atoms with Crippen molar-refractivity contribution in [2.24, 2.45) is 0 Å². The molecule has 2 saturated heterocycles. The second-order valence-electron chi connectivity index (χ2n) is 11.9. The molecule has 0 spiro atoms. The number of aryl methyl sites for hydroxylation is 1. The van der Waals surface area contributed by atoms with Gasteiger partial charge in [0, 0.05) is 55.3 Å². The zero-order chi connectivity index (χ0) is 30.1. The fourth-order valence-electron chi connectivity index (χ4n) is 6.97. The van der Waals surface area contributed by atoms with Crippen LogP contribution in [-0.2, 0) is 24.2 Å². The number of benzene rings is 2. The van der Waals surface area contributed by atoms with E-state index in [9.17, 15) is 14.4 Å². The van der Waals surface area contributed by atoms with Crippen LogP contribution in [0.5, 0.6) is 0 Å². The van der Waals surface area contributed by atoms with Crippen molar-refractivity contribution in [3.05, 3.63) is 70.9 Å². The maximum atomic E-state index is 13.8. The van der Waals surface area contributed by atoms with Crippen molar-refractivity contribution in [2.45, 2.75) is 57.2 Å². The zero-order valence-electron chi connectivity index (χ0n) is 24.6. The molecule has 6 rings (SSSR count). The molecule has 1 aromatic heterocycles. The number of amides is 1. The summed E-state index contributed by atoms with van der Waals surface area (Å²) in [6.45, 7) is 6.93. The predicted molar refractivity (Wildman–Crippen MR) is 168 cm³/mol. The highest BCUT2D eigenvalue weighted by Crippen LogP contribution is 2.37. The van der Waals surface area contributed by atoms with Crippen molar-refractivity contribution in [3.8, 4) is 6.07 Å². The SMILES string of the molecule is C=C(F)C(=O)N1CCN(c2nc(CC[C@@H]3CCCN3C)nc3c2CCN(c2cccc4cccc(Cl)c24)C3)C[C@@H]1CC#N. The minimum Gasteiger partial charge on any atom is -0.365 e. The Morgan fingerprint density at radius 3 is 2.67 bits per heavy atom. The second-order valence-corrected chi connectivity index (χ2v) is 12.3. The molecule has 0 radical (unpaired) electrons. The standard InChI is InChI=1S/C33H37ClFN7O/c1-22(35)33(43)42-19-18-41(20-25(42)13-15-36)32-26-14-17-40(29-10-4-7-23-6-3-9-27(34)31(23)29)21-28(26)37-30(38-32)12-11-24-8-5-16-39(24)2/h3-4,6-7,9-10,24-25H,1,5,8,11-14,16-21H2,2H3/t24-,25-/m0/s1. The molecule has 2 atom stereocenters. The Kier molecular flexibility index (Phi) is 8.51. The number of hydrogen-bond donors (Lipinski definition) is 0. The van der Waals surface area contributed by atoms with Crippen LogP contribution in [0.4, 0.5) is 15.9 Å². The van der Waals surface area contributed by atoms with Gasteiger partial charge in [0.15, 0.2) is 5.83 Å². The summed E-state index contributed by atoms with van der Waals surface area (Å²) >= 11 is 6.70. The van der Waals surface area contributed by atoms with Gasteiger partial charge in [-0.05, 0) is 56.8 Å². The summed E-state index contributed by atoms with van der Waals surface area (Å²) in [6, 6.07) is 14.5. The molecule has 0 bridgehead atoms. The molecule has 3 aromatic rings. The number of piperazine rings is 1. The summed E-state index contributed by atoms with van der Waals surface area (Å²) in [5.41, 5.74) is 3.20. The van der Waals surface area contributed by atoms with Crippen LogP contribution in [0.3, 0.4) is 0 Å². The highest BCUT2D eigenvalue weighted by atomic mass is 35.5. The first kappa shape index (κ1) is 29.3. The molecule has 3 aliphatic rings. The number of carbonyl (C=O) groups is 1. The van der Waals surface area contributed by atoms with Gasteiger partial charge in [-0.15, -0.1) is 0 Å². The van der Waals surface area contributed by atoms with Crippen LogP contribution >= 0.6 is 11.6 Å². The molecule has 8 nitrogen and oxygen atoms in total. The van der Waals surface area contributed by atoms with Gasteiger partial charge in [0.2, 0.25) is 0 Å². The van der Waals surface area contributed by atoms with Crippen molar-refractivity contribution in [2.75, 3.05) is 49.6 Å². The van der Waals surface area contributed by atoms with Crippen LogP contribution < -0.4 is 9.80 Å². The molecule has 1 amide bonds. The van der Waals surface area contributed by atoms with E-state index in [1.165, 1.54) is 17.7 Å². The van der Waals surface area contributed by atoms with Gasteiger partial charge in [0.25, 0.3) is 5.91 Å². The number of hydrogen-bond acceptors (Lipinski definition) is 7. The molecule has 224 valence electrons. The number of nitriles is 1. The lowest BCUT2D eigenvalue weighted by Gasteiger charge is -2.42. The van der Waals surface area contributed by atoms with Gasteiger partial charge in [-0.3, -0.25) is 4.79 Å². The lowest BCUT2D eigenvalue weighted by molar-refractivity contribution is -0.131. The average Bonchev–Trinajstić information content (AvgIpc) is 3.43. The Hall–Kier alpha value is -3.74. The molecule has 43 heavy (non-hydrogen) atoms. The number of likely N-dealkylation sites (tertiary alicyclic amines) is 1. The quantitative estimate of drug-likeness (QED) is 0.341. The summed E-state index contributed by atoms with van der Waals surface area (Å²) in [4.78, 5) is 31.2. The minimum atomic E-state index is -0.997. The Bertz CT molecular complexity index is 1580. The molecule has 10 heteroatoms. The molecular weight excluding hydrogens is 565 g/mol. The van der Waals surface area contributed by atoms with Gasteiger partial charge in [0.05, 0.1) is 35.8 Å². The maximum Gasteiger partial charge on any atom is 0.282 e. The summed E-state index contributed by atoms with van der Waals surface area (Å²) in [5, 5.41) is 12.4. The number of anilines is 2. The van der Waals surface area contributed by atoms with E-state index in [4.69, 9.17) is 21.6 Å². The topological polar surface area (TPSA) is 79.6 Å². The van der Waals surface area contributed by atoms with Gasteiger partial charge in [-0.25, -0.2) is 14.4 Å². The fourth-order valence-corrected chi connectivity index (χ4v) is 7.25. The van der Waals surface area contributed by atoms with E-state index in [0.717, 1.165) is 76.7 Å². The monoisotopic (exact) mass is 601 g/mol. The third-order valence-electron chi connectivity index (χ3n) is 9.24. The first-order chi connectivity index (χ1) is 20.8. The number of nitrogens with zero attached hydrogens (tertiary/aromatic N) is 7. The molecular formula is C33H37ClFN7O. The van der Waals surface area contributed by atoms with Crippen LogP contribution in [-0.4, -0.2) is 77.5 Å². The van der Waals surface area contributed by atoms with Crippen LogP contribution in [0, 0.1) is 11.3 Å². The van der Waals surface area contributed by atoms with E-state index < -0.39 is 17.8 Å². The summed E-state index contributed by atoms with van der Waals surface area (Å²) in [6.07, 6.45) is 5.04. The van der Waals surface area contributed by atoms with Gasteiger partial charge < -0.3 is 19.6 Å². The van der Waals surface area contributed by atoms with Crippen LogP contribution in [0.2, 0.25) is 5.02 Å². The number of rotatable bonds is 7. The Morgan fingerprint density at radius 2 is 1.93 bits per heavy atom. The Labute approximate surface area is 257 Å². The van der Waals surface area contributed by atoms with Crippen molar-refractivity contribution in [1.29, 1.82) is 5.26 Å². The van der Waals surface area contributed by atoms with Crippen molar-refractivity contribution < 1.29 is 9.18 Å². The van der Waals surface area contributed by atoms with Gasteiger partial charge >= 0.3 is 0 Å². The van der Waals surface area contributed by atoms with E-state index in [1.54, 1.807) is 0 Å². The van der Waals surface area contributed by atoms with E-state index in [0.29, 0.717) is 32.2 Å². The predicted octanol–water partition coefficient (Wildman–Crippen LogP) is 5.29. The number of carbonyl (C=O) groups excluding carboxylic acids is 1. The van der Waals surface area contributed by atoms with Crippen LogP contribution in [0.25, 0.3) is 10.8 Å². The maximum absolute atomic E-state index is 13.8. The highest BCUT2D eigenvalue weighted by Gasteiger charge is 2.35. The zero-order valence-corrected chi connectivity index (χ0v) is 25.4. The third-order valence-corrected chi connectivity index (χ3v) is 9.55. The summed E-state index contributed by atoms with van der Waals surface area (Å²) in [7, 11) is 2.19. The largest absolute Gasteiger partial charge is 0.365 e. The Morgan fingerprint density at radius 1 is 1.12 bits per heavy atom. The van der Waals surface area contributed by atoms with Gasteiger partial charge in [0.1, 0.15) is 11.6 Å². The molecule has 0 aliphatic carbocycles. The number of aromatic nitrogens is 2. The fraction of sp³-hybridized carbons (Fsp3) is 0.455. The average molecular weight is 602 g/mol. The minimum absolute atomic E-state index is 0.110. The lowest BCUT2D eigenvalue weighted by Crippen LogP contribution is -2.56. The molecule has 2 aromatic carbocycles. The Balaban J connectivity index is 1.34. The number of fused-ring (bicyclic) bond motifs is 2. The van der Waals surface area contributed by atoms with E-state index in [2.05, 4.69) is 58.7 Å². The van der Waals surface area contributed by atoms with Crippen molar-refractivity contribution in [1.82, 2.24) is 19.8 Å². The first-order valence-electron chi connectivity index (χ1n) is 15.1. The lowest BCUT2D eigenvalue weighted by atomic mass is 10.0. The van der Waals surface area contributed by atoms with Crippen LogP contribution in [0.15, 0.2) is 48.8 Å². The van der Waals surface area contributed by atoms with E-state index in [1.807, 2.05) is 12.1 Å². The van der Waals surface area contributed by atoms with Crippen molar-refractivity contribution in [3.63, 3.8) is 0 Å². The summed E-state index contributed by atoms with van der Waals surface area (Å²) < 4.78 is 13.8. The normalized spacial score (nSPS) is 20.7. The van der Waals surface area contributed by atoms with Gasteiger partial charge in [-0.1, -0.05) is 42.4 Å². The van der Waals surface area contributed by atoms with Crippen molar-refractivity contribution >= 4 is 39.8 Å². The number of halogens is 2. The molecule has 0 saturated carbocycles. The van der Waals surface area contributed by atoms with E-state index in [-0.39, 0.29) is 6.42 Å². The molecule has 0 unspecified atom stereocenters. The second kappa shape index (κ2) is 12.5. The highest BCUT2D eigenvalue weighted by molar-refractivity contribution is 6.36. The molecule has 3 aliphatic heterocycles. The molecule has 4 heterocycles. The molecule has 0 N–H and O–H groups in total. The van der Waals surface area contributed by atoms with Crippen LogP contribution in [0.1, 0.15) is 42.8 Å². The first-order valence-corrected chi connectivity index (χ1v) is 15.5. The smallest absolute Gasteiger partial charge is 0.282 e. The summed E-state index contributed by atoms with van der Waals surface area (Å²) in [5.74, 6) is -0.0391. The third kappa shape index (κ3) is 5.91. The van der Waals surface area contributed by atoms with E-state index >= 15 is 0 Å². The molecule has 2 fully saturated rings.